The highest BCUT2D eigenvalue weighted by Gasteiger charge is 2.30. The monoisotopic (exact) mass is 428 g/mol. The molecule has 2 amide bonds. The number of carbonyl (C=O) groups excluding carboxylic acids is 2. The van der Waals surface area contributed by atoms with Crippen molar-refractivity contribution in [3.63, 3.8) is 0 Å². The van der Waals surface area contributed by atoms with Crippen molar-refractivity contribution in [2.75, 3.05) is 13.6 Å². The summed E-state index contributed by atoms with van der Waals surface area (Å²) in [5.41, 5.74) is 3.35. The molecule has 0 aliphatic rings. The molecule has 0 heterocycles. The molecular weight excluding hydrogens is 396 g/mol. The van der Waals surface area contributed by atoms with Gasteiger partial charge in [-0.2, -0.15) is 0 Å². The van der Waals surface area contributed by atoms with Gasteiger partial charge in [-0.05, 0) is 29.5 Å². The summed E-state index contributed by atoms with van der Waals surface area (Å²) in [4.78, 5) is 28.1. The first kappa shape index (κ1) is 23.3. The standard InChI is InChI=1S/C28H32N2O2/c1-3-26(28(32)29-2)30(20-19-22-13-7-4-8-14-22)27(31)21-25(23-15-9-5-10-16-23)24-17-11-6-12-18-24/h4-18,25-26H,3,19-21H2,1-2H3,(H,29,32)/t26-/m0/s1. The highest BCUT2D eigenvalue weighted by atomic mass is 16.2. The van der Waals surface area contributed by atoms with Crippen LogP contribution in [0, 0.1) is 0 Å². The number of hydrogen-bond donors (Lipinski definition) is 1. The summed E-state index contributed by atoms with van der Waals surface area (Å²) < 4.78 is 0. The fourth-order valence-corrected chi connectivity index (χ4v) is 4.15. The molecule has 3 aromatic rings. The summed E-state index contributed by atoms with van der Waals surface area (Å²) >= 11 is 0. The minimum Gasteiger partial charge on any atom is -0.357 e. The van der Waals surface area contributed by atoms with Crippen LogP contribution in [0.3, 0.4) is 0 Å². The zero-order chi connectivity index (χ0) is 22.8. The van der Waals surface area contributed by atoms with E-state index < -0.39 is 6.04 Å². The molecule has 4 heteroatoms. The largest absolute Gasteiger partial charge is 0.357 e. The van der Waals surface area contributed by atoms with E-state index in [4.69, 9.17) is 0 Å². The number of carbonyl (C=O) groups is 2. The van der Waals surface area contributed by atoms with Crippen LogP contribution < -0.4 is 5.32 Å². The summed E-state index contributed by atoms with van der Waals surface area (Å²) in [5.74, 6) is -0.190. The van der Waals surface area contributed by atoms with Gasteiger partial charge in [0.15, 0.2) is 0 Å². The van der Waals surface area contributed by atoms with Gasteiger partial charge in [-0.3, -0.25) is 9.59 Å². The van der Waals surface area contributed by atoms with Gasteiger partial charge in [-0.15, -0.1) is 0 Å². The molecule has 0 spiro atoms. The van der Waals surface area contributed by atoms with Crippen molar-refractivity contribution in [1.82, 2.24) is 10.2 Å². The van der Waals surface area contributed by atoms with Crippen LogP contribution in [0.15, 0.2) is 91.0 Å². The Morgan fingerprint density at radius 2 is 1.31 bits per heavy atom. The Hall–Kier alpha value is -3.40. The van der Waals surface area contributed by atoms with Crippen molar-refractivity contribution < 1.29 is 9.59 Å². The molecule has 1 atom stereocenters. The molecule has 0 aliphatic heterocycles. The average molecular weight is 429 g/mol. The lowest BCUT2D eigenvalue weighted by Gasteiger charge is -2.32. The van der Waals surface area contributed by atoms with Crippen molar-refractivity contribution >= 4 is 11.8 Å². The number of nitrogens with one attached hydrogen (secondary N) is 1. The Balaban J connectivity index is 1.88. The van der Waals surface area contributed by atoms with Gasteiger partial charge >= 0.3 is 0 Å². The van der Waals surface area contributed by atoms with E-state index in [1.807, 2.05) is 61.5 Å². The van der Waals surface area contributed by atoms with Gasteiger partial charge in [0, 0.05) is 25.9 Å². The average Bonchev–Trinajstić information content (AvgIpc) is 2.86. The molecule has 3 rings (SSSR count). The molecule has 0 radical (unpaired) electrons. The van der Waals surface area contributed by atoms with Crippen molar-refractivity contribution in [2.24, 2.45) is 0 Å². The molecule has 32 heavy (non-hydrogen) atoms. The number of rotatable bonds is 10. The topological polar surface area (TPSA) is 49.4 Å². The second-order valence-electron chi connectivity index (χ2n) is 7.94. The fourth-order valence-electron chi connectivity index (χ4n) is 4.15. The van der Waals surface area contributed by atoms with Crippen LogP contribution in [0.2, 0.25) is 0 Å². The third-order valence-electron chi connectivity index (χ3n) is 5.90. The molecule has 0 unspecified atom stereocenters. The van der Waals surface area contributed by atoms with Gasteiger partial charge in [0.2, 0.25) is 11.8 Å². The maximum Gasteiger partial charge on any atom is 0.242 e. The van der Waals surface area contributed by atoms with Crippen LogP contribution in [0.4, 0.5) is 0 Å². The minimum atomic E-state index is -0.483. The molecule has 1 N–H and O–H groups in total. The van der Waals surface area contributed by atoms with E-state index in [9.17, 15) is 9.59 Å². The van der Waals surface area contributed by atoms with E-state index in [2.05, 4.69) is 41.7 Å². The number of amides is 2. The van der Waals surface area contributed by atoms with E-state index in [0.29, 0.717) is 25.8 Å². The van der Waals surface area contributed by atoms with E-state index in [1.54, 1.807) is 11.9 Å². The molecule has 166 valence electrons. The molecule has 0 aliphatic carbocycles. The Morgan fingerprint density at radius 3 is 1.78 bits per heavy atom. The molecule has 0 bridgehead atoms. The first-order valence-corrected chi connectivity index (χ1v) is 11.3. The third kappa shape index (κ3) is 6.07. The Bertz CT molecular complexity index is 935. The molecular formula is C28H32N2O2. The van der Waals surface area contributed by atoms with Crippen LogP contribution in [-0.2, 0) is 16.0 Å². The lowest BCUT2D eigenvalue weighted by atomic mass is 9.88. The summed E-state index contributed by atoms with van der Waals surface area (Å²) in [7, 11) is 1.63. The van der Waals surface area contributed by atoms with Crippen LogP contribution in [0.1, 0.15) is 42.4 Å². The fraction of sp³-hybridized carbons (Fsp3) is 0.286. The smallest absolute Gasteiger partial charge is 0.242 e. The van der Waals surface area contributed by atoms with Gasteiger partial charge in [0.25, 0.3) is 0 Å². The zero-order valence-electron chi connectivity index (χ0n) is 18.9. The third-order valence-corrected chi connectivity index (χ3v) is 5.90. The molecule has 0 saturated carbocycles. The molecule has 3 aromatic carbocycles. The highest BCUT2D eigenvalue weighted by molar-refractivity contribution is 5.88. The van der Waals surface area contributed by atoms with Crippen molar-refractivity contribution in [3.8, 4) is 0 Å². The maximum atomic E-state index is 13.7. The Labute approximate surface area is 191 Å². The first-order valence-electron chi connectivity index (χ1n) is 11.3. The van der Waals surface area contributed by atoms with Crippen molar-refractivity contribution in [2.45, 2.75) is 38.1 Å². The summed E-state index contributed by atoms with van der Waals surface area (Å²) in [5, 5.41) is 2.73. The van der Waals surface area contributed by atoms with Gasteiger partial charge in [-0.1, -0.05) is 97.9 Å². The summed E-state index contributed by atoms with van der Waals surface area (Å²) in [6, 6.07) is 29.8. The summed E-state index contributed by atoms with van der Waals surface area (Å²) in [6.45, 7) is 2.46. The second kappa shape index (κ2) is 11.8. The van der Waals surface area contributed by atoms with E-state index in [1.165, 1.54) is 0 Å². The maximum absolute atomic E-state index is 13.7. The Kier molecular flexibility index (Phi) is 8.61. The lowest BCUT2D eigenvalue weighted by molar-refractivity contribution is -0.140. The normalized spacial score (nSPS) is 11.7. The highest BCUT2D eigenvalue weighted by Crippen LogP contribution is 2.29. The number of benzene rings is 3. The van der Waals surface area contributed by atoms with E-state index >= 15 is 0 Å². The van der Waals surface area contributed by atoms with Gasteiger partial charge < -0.3 is 10.2 Å². The summed E-state index contributed by atoms with van der Waals surface area (Å²) in [6.07, 6.45) is 1.60. The van der Waals surface area contributed by atoms with Crippen LogP contribution in [0.5, 0.6) is 0 Å². The SMILES string of the molecule is CC[C@@H](C(=O)NC)N(CCc1ccccc1)C(=O)CC(c1ccccc1)c1ccccc1. The van der Waals surface area contributed by atoms with Crippen LogP contribution in [-0.4, -0.2) is 36.3 Å². The van der Waals surface area contributed by atoms with Gasteiger partial charge in [-0.25, -0.2) is 0 Å². The van der Waals surface area contributed by atoms with Crippen LogP contribution in [0.25, 0.3) is 0 Å². The molecule has 4 nitrogen and oxygen atoms in total. The van der Waals surface area contributed by atoms with Crippen LogP contribution >= 0.6 is 0 Å². The minimum absolute atomic E-state index is 0.00547. The zero-order valence-corrected chi connectivity index (χ0v) is 18.9. The number of nitrogens with zero attached hydrogens (tertiary/aromatic N) is 1. The second-order valence-corrected chi connectivity index (χ2v) is 7.94. The quantitative estimate of drug-likeness (QED) is 0.504. The van der Waals surface area contributed by atoms with E-state index in [0.717, 1.165) is 16.7 Å². The first-order chi connectivity index (χ1) is 15.6. The predicted molar refractivity (Wildman–Crippen MR) is 129 cm³/mol. The van der Waals surface area contributed by atoms with Crippen molar-refractivity contribution in [3.05, 3.63) is 108 Å². The van der Waals surface area contributed by atoms with Crippen molar-refractivity contribution in [1.29, 1.82) is 0 Å². The van der Waals surface area contributed by atoms with E-state index in [-0.39, 0.29) is 17.7 Å². The molecule has 0 aromatic heterocycles. The predicted octanol–water partition coefficient (Wildman–Crippen LogP) is 4.80. The Morgan fingerprint density at radius 1 is 0.812 bits per heavy atom. The van der Waals surface area contributed by atoms with Gasteiger partial charge in [0.05, 0.1) is 0 Å². The lowest BCUT2D eigenvalue weighted by Crippen LogP contribution is -2.49. The molecule has 0 fully saturated rings. The number of hydrogen-bond acceptors (Lipinski definition) is 2. The molecule has 0 saturated heterocycles. The van der Waals surface area contributed by atoms with Gasteiger partial charge in [0.1, 0.15) is 6.04 Å². The number of likely N-dealkylation sites (N-methyl/N-ethyl adjacent to an activating group) is 1.